The molecule has 3 rings (SSSR count). The van der Waals surface area contributed by atoms with Gasteiger partial charge >= 0.3 is 5.97 Å². The number of hydrogen-bond donors (Lipinski definition) is 1. The summed E-state index contributed by atoms with van der Waals surface area (Å²) in [6.07, 6.45) is 8.66. The summed E-state index contributed by atoms with van der Waals surface area (Å²) in [4.78, 5) is 28.2. The van der Waals surface area contributed by atoms with Crippen molar-refractivity contribution in [2.75, 3.05) is 6.61 Å². The molecule has 0 atom stereocenters. The Bertz CT molecular complexity index is 821. The molecule has 0 fully saturated rings. The van der Waals surface area contributed by atoms with Gasteiger partial charge in [-0.15, -0.1) is 0 Å². The van der Waals surface area contributed by atoms with E-state index in [0.29, 0.717) is 22.5 Å². The Balaban J connectivity index is 1.88. The van der Waals surface area contributed by atoms with E-state index in [1.165, 1.54) is 24.0 Å². The molecule has 2 aromatic heterocycles. The quantitative estimate of drug-likeness (QED) is 0.517. The lowest BCUT2D eigenvalue weighted by atomic mass is 9.93. The molecule has 0 spiro atoms. The summed E-state index contributed by atoms with van der Waals surface area (Å²) in [5.41, 5.74) is 4.91. The average Bonchev–Trinajstić information content (AvgIpc) is 2.89. The fraction of sp³-hybridized carbons (Fsp3) is 0.450. The van der Waals surface area contributed by atoms with E-state index in [1.807, 2.05) is 17.7 Å². The molecule has 0 radical (unpaired) electrons. The van der Waals surface area contributed by atoms with Crippen LogP contribution < -0.4 is 4.57 Å². The molecule has 132 valence electrons. The first-order chi connectivity index (χ1) is 12.0. The smallest absolute Gasteiger partial charge is 0.340 e. The van der Waals surface area contributed by atoms with Gasteiger partial charge in [0.2, 0.25) is 12.3 Å². The van der Waals surface area contributed by atoms with E-state index in [9.17, 15) is 9.59 Å². The highest BCUT2D eigenvalue weighted by Crippen LogP contribution is 2.21. The van der Waals surface area contributed by atoms with Crippen molar-refractivity contribution in [2.24, 2.45) is 0 Å². The van der Waals surface area contributed by atoms with Gasteiger partial charge < -0.3 is 9.72 Å². The number of ether oxygens (including phenoxy) is 1. The molecular formula is C20H25N2O3+. The van der Waals surface area contributed by atoms with Crippen molar-refractivity contribution in [1.29, 1.82) is 0 Å². The number of Topliss-reactive ketones (excluding diaryl/α,β-unsaturated/α-hetero) is 1. The number of aromatic amines is 1. The fourth-order valence-electron chi connectivity index (χ4n) is 3.65. The molecule has 1 aliphatic carbocycles. The number of pyridine rings is 1. The molecule has 1 aliphatic rings. The molecule has 0 amide bonds. The predicted molar refractivity (Wildman–Crippen MR) is 93.8 cm³/mol. The van der Waals surface area contributed by atoms with Crippen LogP contribution in [0.1, 0.15) is 63.0 Å². The third kappa shape index (κ3) is 3.50. The Kier molecular flexibility index (Phi) is 5.02. The Morgan fingerprint density at radius 2 is 1.80 bits per heavy atom. The first-order valence-corrected chi connectivity index (χ1v) is 8.91. The summed E-state index contributed by atoms with van der Waals surface area (Å²) in [6.45, 7) is 5.88. The molecule has 2 aromatic rings. The van der Waals surface area contributed by atoms with Crippen molar-refractivity contribution in [3.8, 4) is 0 Å². The number of aryl methyl sites for hydroxylation is 4. The number of H-pyrrole nitrogens is 1. The van der Waals surface area contributed by atoms with Crippen LogP contribution in [0, 0.1) is 13.8 Å². The van der Waals surface area contributed by atoms with Crippen molar-refractivity contribution < 1.29 is 18.9 Å². The molecule has 0 saturated heterocycles. The molecule has 2 heterocycles. The van der Waals surface area contributed by atoms with Gasteiger partial charge in [0, 0.05) is 23.0 Å². The van der Waals surface area contributed by atoms with Crippen LogP contribution in [0.3, 0.4) is 0 Å². The number of rotatable bonds is 5. The molecule has 0 saturated carbocycles. The number of nitrogens with zero attached hydrogens (tertiary/aromatic N) is 1. The fourth-order valence-corrected chi connectivity index (χ4v) is 3.65. The highest BCUT2D eigenvalue weighted by atomic mass is 16.5. The Morgan fingerprint density at radius 3 is 2.52 bits per heavy atom. The van der Waals surface area contributed by atoms with E-state index in [0.717, 1.165) is 12.8 Å². The maximum atomic E-state index is 12.9. The number of ketones is 1. The van der Waals surface area contributed by atoms with E-state index in [1.54, 1.807) is 13.8 Å². The summed E-state index contributed by atoms with van der Waals surface area (Å²) in [5, 5.41) is 0. The number of fused-ring (bicyclic) bond motifs is 1. The maximum Gasteiger partial charge on any atom is 0.340 e. The molecule has 1 N–H and O–H groups in total. The van der Waals surface area contributed by atoms with Crippen molar-refractivity contribution in [3.05, 3.63) is 52.1 Å². The molecule has 0 bridgehead atoms. The lowest BCUT2D eigenvalue weighted by Gasteiger charge is -2.13. The van der Waals surface area contributed by atoms with Gasteiger partial charge in [-0.2, -0.15) is 4.57 Å². The van der Waals surface area contributed by atoms with E-state index in [4.69, 9.17) is 4.74 Å². The van der Waals surface area contributed by atoms with Gasteiger partial charge in [-0.1, -0.05) is 0 Å². The monoisotopic (exact) mass is 341 g/mol. The highest BCUT2D eigenvalue weighted by molar-refractivity contribution is 6.07. The third-order valence-corrected chi connectivity index (χ3v) is 4.80. The number of carbonyl (C=O) groups is 2. The van der Waals surface area contributed by atoms with Gasteiger partial charge in [0.1, 0.15) is 0 Å². The van der Waals surface area contributed by atoms with Gasteiger partial charge in [0.25, 0.3) is 0 Å². The maximum absolute atomic E-state index is 12.9. The van der Waals surface area contributed by atoms with Crippen molar-refractivity contribution in [3.63, 3.8) is 0 Å². The highest BCUT2D eigenvalue weighted by Gasteiger charge is 2.27. The number of nitrogens with one attached hydrogen (secondary N) is 1. The zero-order chi connectivity index (χ0) is 18.0. The summed E-state index contributed by atoms with van der Waals surface area (Å²) >= 11 is 0. The predicted octanol–water partition coefficient (Wildman–Crippen LogP) is 2.86. The standard InChI is InChI=1S/C20H24N2O3/c1-4-25-20(24)19-14(3)21-13(2)18(19)17(23)12-22-10-9-15-7-5-6-8-16(15)11-22/h9-11H,4-8,12H2,1-3H3/p+1. The van der Waals surface area contributed by atoms with Crippen LogP contribution in [-0.2, 0) is 24.1 Å². The SMILES string of the molecule is CCOC(=O)c1c(C)[nH]c(C)c1C(=O)C[n+]1ccc2c(c1)CCCC2. The van der Waals surface area contributed by atoms with Crippen molar-refractivity contribution in [1.82, 2.24) is 4.98 Å². The summed E-state index contributed by atoms with van der Waals surface area (Å²) < 4.78 is 7.04. The van der Waals surface area contributed by atoms with E-state index < -0.39 is 5.97 Å². The molecule has 0 unspecified atom stereocenters. The van der Waals surface area contributed by atoms with Crippen LogP contribution in [0.2, 0.25) is 0 Å². The van der Waals surface area contributed by atoms with Crippen LogP contribution >= 0.6 is 0 Å². The minimum Gasteiger partial charge on any atom is -0.462 e. The lowest BCUT2D eigenvalue weighted by molar-refractivity contribution is -0.683. The minimum absolute atomic E-state index is 0.0781. The third-order valence-electron chi connectivity index (χ3n) is 4.80. The number of carbonyl (C=O) groups excluding carboxylic acids is 2. The second-order valence-electron chi connectivity index (χ2n) is 6.64. The van der Waals surface area contributed by atoms with Crippen molar-refractivity contribution in [2.45, 2.75) is 53.0 Å². The first-order valence-electron chi connectivity index (χ1n) is 8.91. The van der Waals surface area contributed by atoms with Gasteiger partial charge in [-0.3, -0.25) is 4.79 Å². The van der Waals surface area contributed by atoms with Gasteiger partial charge in [0.05, 0.1) is 17.7 Å². The molecule has 5 heteroatoms. The van der Waals surface area contributed by atoms with Crippen LogP contribution in [0.25, 0.3) is 0 Å². The Hall–Kier alpha value is -2.43. The second kappa shape index (κ2) is 7.21. The van der Waals surface area contributed by atoms with E-state index in [-0.39, 0.29) is 18.9 Å². The van der Waals surface area contributed by atoms with E-state index in [2.05, 4.69) is 17.2 Å². The van der Waals surface area contributed by atoms with Crippen LogP contribution in [-0.4, -0.2) is 23.3 Å². The molecule has 0 aliphatic heterocycles. The summed E-state index contributed by atoms with van der Waals surface area (Å²) in [6, 6.07) is 2.11. The second-order valence-corrected chi connectivity index (χ2v) is 6.64. The summed E-state index contributed by atoms with van der Waals surface area (Å²) in [7, 11) is 0. The lowest BCUT2D eigenvalue weighted by Crippen LogP contribution is -2.38. The summed E-state index contributed by atoms with van der Waals surface area (Å²) in [5.74, 6) is -0.520. The Morgan fingerprint density at radius 1 is 1.12 bits per heavy atom. The molecule has 5 nitrogen and oxygen atoms in total. The topological polar surface area (TPSA) is 63.0 Å². The molecular weight excluding hydrogens is 316 g/mol. The zero-order valence-corrected chi connectivity index (χ0v) is 15.1. The average molecular weight is 341 g/mol. The zero-order valence-electron chi connectivity index (χ0n) is 15.1. The first kappa shape index (κ1) is 17.4. The van der Waals surface area contributed by atoms with E-state index >= 15 is 0 Å². The number of aromatic nitrogens is 2. The Labute approximate surface area is 148 Å². The van der Waals surface area contributed by atoms with Gasteiger partial charge in [0.15, 0.2) is 12.4 Å². The van der Waals surface area contributed by atoms with Crippen LogP contribution in [0.5, 0.6) is 0 Å². The van der Waals surface area contributed by atoms with Crippen LogP contribution in [0.15, 0.2) is 18.5 Å². The van der Waals surface area contributed by atoms with Crippen molar-refractivity contribution >= 4 is 11.8 Å². The van der Waals surface area contributed by atoms with Crippen LogP contribution in [0.4, 0.5) is 0 Å². The normalized spacial score (nSPS) is 13.4. The van der Waals surface area contributed by atoms with Gasteiger partial charge in [-0.05, 0) is 52.0 Å². The van der Waals surface area contributed by atoms with Gasteiger partial charge in [-0.25, -0.2) is 4.79 Å². The number of esters is 1. The number of hydrogen-bond acceptors (Lipinski definition) is 3. The largest absolute Gasteiger partial charge is 0.462 e. The minimum atomic E-state index is -0.442. The molecule has 0 aromatic carbocycles. The molecule has 25 heavy (non-hydrogen) atoms.